The van der Waals surface area contributed by atoms with Crippen molar-refractivity contribution in [3.63, 3.8) is 0 Å². The fourth-order valence-corrected chi connectivity index (χ4v) is 3.53. The Bertz CT molecular complexity index is 768. The molecular formula is C18H21NO3. The van der Waals surface area contributed by atoms with Gasteiger partial charge in [-0.3, -0.25) is 4.79 Å². The van der Waals surface area contributed by atoms with Crippen LogP contribution in [0.25, 0.3) is 10.9 Å². The minimum Gasteiger partial charge on any atom is -0.477 e. The van der Waals surface area contributed by atoms with Crippen molar-refractivity contribution in [1.82, 2.24) is 4.57 Å². The van der Waals surface area contributed by atoms with Crippen molar-refractivity contribution in [2.75, 3.05) is 0 Å². The van der Waals surface area contributed by atoms with Gasteiger partial charge in [-0.2, -0.15) is 0 Å². The molecule has 3 rings (SSSR count). The molecule has 116 valence electrons. The van der Waals surface area contributed by atoms with Crippen molar-refractivity contribution >= 4 is 16.9 Å². The van der Waals surface area contributed by atoms with Gasteiger partial charge in [-0.05, 0) is 36.5 Å². The van der Waals surface area contributed by atoms with E-state index in [4.69, 9.17) is 0 Å². The van der Waals surface area contributed by atoms with E-state index < -0.39 is 5.97 Å². The number of benzene rings is 1. The lowest BCUT2D eigenvalue weighted by molar-refractivity contribution is 0.0695. The summed E-state index contributed by atoms with van der Waals surface area (Å²) in [4.78, 5) is 23.7. The third kappa shape index (κ3) is 2.65. The number of rotatable bonds is 2. The maximum atomic E-state index is 12.4. The predicted octanol–water partition coefficient (Wildman–Crippen LogP) is 3.67. The molecule has 4 nitrogen and oxygen atoms in total. The zero-order chi connectivity index (χ0) is 15.7. The number of carbonyl (C=O) groups is 1. The standard InChI is InChI=1S/C18H21NO3/c1-19-11-15(18(21)22)17(20)14-10-13(8-9-16(14)19)12-6-4-2-3-5-7-12/h8-12H,2-7H2,1H3,(H,21,22). The molecule has 4 heteroatoms. The number of aryl methyl sites for hydroxylation is 1. The van der Waals surface area contributed by atoms with E-state index >= 15 is 0 Å². The summed E-state index contributed by atoms with van der Waals surface area (Å²) in [7, 11) is 1.78. The molecule has 22 heavy (non-hydrogen) atoms. The second kappa shape index (κ2) is 5.95. The van der Waals surface area contributed by atoms with Crippen LogP contribution in [-0.2, 0) is 7.05 Å². The maximum Gasteiger partial charge on any atom is 0.341 e. The van der Waals surface area contributed by atoms with Gasteiger partial charge >= 0.3 is 5.97 Å². The Morgan fingerprint density at radius 2 is 1.86 bits per heavy atom. The normalized spacial score (nSPS) is 16.6. The van der Waals surface area contributed by atoms with Gasteiger partial charge in [-0.1, -0.05) is 31.7 Å². The second-order valence-corrected chi connectivity index (χ2v) is 6.25. The van der Waals surface area contributed by atoms with Crippen molar-refractivity contribution < 1.29 is 9.90 Å². The van der Waals surface area contributed by atoms with E-state index in [1.165, 1.54) is 37.4 Å². The van der Waals surface area contributed by atoms with E-state index in [2.05, 4.69) is 6.07 Å². The average molecular weight is 299 g/mol. The van der Waals surface area contributed by atoms with Gasteiger partial charge in [0.2, 0.25) is 5.43 Å². The van der Waals surface area contributed by atoms with Crippen molar-refractivity contribution in [3.05, 3.63) is 45.7 Å². The van der Waals surface area contributed by atoms with Crippen LogP contribution in [0.1, 0.15) is 60.4 Å². The minimum absolute atomic E-state index is 0.159. The molecular weight excluding hydrogens is 278 g/mol. The van der Waals surface area contributed by atoms with Crippen molar-refractivity contribution in [1.29, 1.82) is 0 Å². The molecule has 0 bridgehead atoms. The number of carboxylic acids is 1. The van der Waals surface area contributed by atoms with Crippen LogP contribution < -0.4 is 5.43 Å². The first-order chi connectivity index (χ1) is 10.6. The van der Waals surface area contributed by atoms with Gasteiger partial charge in [0.25, 0.3) is 0 Å². The summed E-state index contributed by atoms with van der Waals surface area (Å²) < 4.78 is 1.72. The van der Waals surface area contributed by atoms with Crippen LogP contribution in [0.2, 0.25) is 0 Å². The van der Waals surface area contributed by atoms with Crippen LogP contribution in [0.5, 0.6) is 0 Å². The molecule has 0 radical (unpaired) electrons. The SMILES string of the molecule is Cn1cc(C(=O)O)c(=O)c2cc(C3CCCCCC3)ccc21. The monoisotopic (exact) mass is 299 g/mol. The summed E-state index contributed by atoms with van der Waals surface area (Å²) in [5.74, 6) is -0.674. The van der Waals surface area contributed by atoms with Gasteiger partial charge in [0.05, 0.1) is 5.52 Å². The highest BCUT2D eigenvalue weighted by atomic mass is 16.4. The molecule has 0 spiro atoms. The number of carboxylic acid groups (broad SMARTS) is 1. The van der Waals surface area contributed by atoms with Crippen LogP contribution in [0.3, 0.4) is 0 Å². The molecule has 0 aliphatic heterocycles. The van der Waals surface area contributed by atoms with Crippen molar-refractivity contribution in [2.24, 2.45) is 7.05 Å². The Balaban J connectivity index is 2.13. The van der Waals surface area contributed by atoms with Gasteiger partial charge < -0.3 is 9.67 Å². The molecule has 1 N–H and O–H groups in total. The van der Waals surface area contributed by atoms with E-state index in [1.807, 2.05) is 12.1 Å². The van der Waals surface area contributed by atoms with E-state index in [-0.39, 0.29) is 11.0 Å². The van der Waals surface area contributed by atoms with Gasteiger partial charge in [-0.15, -0.1) is 0 Å². The van der Waals surface area contributed by atoms with E-state index in [9.17, 15) is 14.7 Å². The molecule has 1 aliphatic rings. The number of pyridine rings is 1. The van der Waals surface area contributed by atoms with Crippen LogP contribution in [0.15, 0.2) is 29.2 Å². The zero-order valence-electron chi connectivity index (χ0n) is 12.8. The largest absolute Gasteiger partial charge is 0.477 e. The molecule has 2 aromatic rings. The first-order valence-corrected chi connectivity index (χ1v) is 7.94. The van der Waals surface area contributed by atoms with Crippen LogP contribution >= 0.6 is 0 Å². The quantitative estimate of drug-likeness (QED) is 0.861. The average Bonchev–Trinajstić information content (AvgIpc) is 2.79. The Labute approximate surface area is 129 Å². The number of nitrogens with zero attached hydrogens (tertiary/aromatic N) is 1. The summed E-state index contributed by atoms with van der Waals surface area (Å²) in [5.41, 5.74) is 1.42. The molecule has 1 fully saturated rings. The lowest BCUT2D eigenvalue weighted by Gasteiger charge is -2.16. The van der Waals surface area contributed by atoms with Crippen molar-refractivity contribution in [2.45, 2.75) is 44.4 Å². The Morgan fingerprint density at radius 3 is 2.50 bits per heavy atom. The third-order valence-electron chi connectivity index (χ3n) is 4.77. The Hall–Kier alpha value is -2.10. The Kier molecular flexibility index (Phi) is 4.01. The summed E-state index contributed by atoms with van der Waals surface area (Å²) >= 11 is 0. The van der Waals surface area contributed by atoms with E-state index in [0.717, 1.165) is 18.4 Å². The fraction of sp³-hybridized carbons (Fsp3) is 0.444. The lowest BCUT2D eigenvalue weighted by atomic mass is 9.90. The molecule has 1 aromatic heterocycles. The summed E-state index contributed by atoms with van der Waals surface area (Å²) in [6.45, 7) is 0. The summed E-state index contributed by atoms with van der Waals surface area (Å²) in [5, 5.41) is 9.71. The predicted molar refractivity (Wildman–Crippen MR) is 86.6 cm³/mol. The molecule has 1 saturated carbocycles. The zero-order valence-corrected chi connectivity index (χ0v) is 12.8. The molecule has 1 aromatic carbocycles. The topological polar surface area (TPSA) is 59.3 Å². The van der Waals surface area contributed by atoms with Gasteiger partial charge in [0, 0.05) is 18.6 Å². The highest BCUT2D eigenvalue weighted by Gasteiger charge is 2.17. The molecule has 0 saturated heterocycles. The molecule has 0 unspecified atom stereocenters. The first kappa shape index (κ1) is 14.8. The number of hydrogen-bond acceptors (Lipinski definition) is 2. The van der Waals surface area contributed by atoms with E-state index in [0.29, 0.717) is 11.3 Å². The highest BCUT2D eigenvalue weighted by Crippen LogP contribution is 2.32. The van der Waals surface area contributed by atoms with Gasteiger partial charge in [0.15, 0.2) is 0 Å². The minimum atomic E-state index is -1.16. The highest BCUT2D eigenvalue weighted by molar-refractivity contribution is 5.92. The Morgan fingerprint density at radius 1 is 1.18 bits per heavy atom. The van der Waals surface area contributed by atoms with Crippen LogP contribution in [0, 0.1) is 0 Å². The smallest absolute Gasteiger partial charge is 0.341 e. The molecule has 0 amide bonds. The second-order valence-electron chi connectivity index (χ2n) is 6.25. The summed E-state index contributed by atoms with van der Waals surface area (Å²) in [6.07, 6.45) is 8.75. The van der Waals surface area contributed by atoms with Gasteiger partial charge in [0.1, 0.15) is 5.56 Å². The molecule has 1 aliphatic carbocycles. The fourth-order valence-electron chi connectivity index (χ4n) is 3.53. The van der Waals surface area contributed by atoms with Crippen LogP contribution in [-0.4, -0.2) is 15.6 Å². The molecule has 1 heterocycles. The van der Waals surface area contributed by atoms with Crippen molar-refractivity contribution in [3.8, 4) is 0 Å². The molecule has 0 atom stereocenters. The maximum absolute atomic E-state index is 12.4. The summed E-state index contributed by atoms with van der Waals surface area (Å²) in [6, 6.07) is 5.96. The van der Waals surface area contributed by atoms with E-state index in [1.54, 1.807) is 11.6 Å². The van der Waals surface area contributed by atoms with Gasteiger partial charge in [-0.25, -0.2) is 4.79 Å². The van der Waals surface area contributed by atoms with Crippen LogP contribution in [0.4, 0.5) is 0 Å². The lowest BCUT2D eigenvalue weighted by Crippen LogP contribution is -2.18. The first-order valence-electron chi connectivity index (χ1n) is 7.94. The number of aromatic nitrogens is 1. The number of hydrogen-bond donors (Lipinski definition) is 1. The third-order valence-corrected chi connectivity index (χ3v) is 4.77. The number of fused-ring (bicyclic) bond motifs is 1. The number of aromatic carboxylic acids is 1.